The van der Waals surface area contributed by atoms with Crippen LogP contribution in [0.3, 0.4) is 0 Å². The molecule has 0 spiro atoms. The predicted octanol–water partition coefficient (Wildman–Crippen LogP) is 4.81. The summed E-state index contributed by atoms with van der Waals surface area (Å²) in [5, 5.41) is 10.6. The molecular weight excluding hydrogens is 292 g/mol. The highest BCUT2D eigenvalue weighted by atomic mass is 28.3. The van der Waals surface area contributed by atoms with Crippen molar-refractivity contribution in [3.05, 3.63) is 0 Å². The van der Waals surface area contributed by atoms with Crippen LogP contribution in [0.15, 0.2) is 0 Å². The van der Waals surface area contributed by atoms with Crippen LogP contribution in [-0.4, -0.2) is 37.4 Å². The number of nitrogens with zero attached hydrogens (tertiary/aromatic N) is 1. The molecule has 0 aromatic carbocycles. The molecule has 2 N–H and O–H groups in total. The van der Waals surface area contributed by atoms with E-state index in [0.717, 1.165) is 37.3 Å². The number of carbonyl (C=O) groups is 1. The van der Waals surface area contributed by atoms with E-state index in [1.54, 1.807) is 0 Å². The minimum atomic E-state index is -1.11. The van der Waals surface area contributed by atoms with E-state index in [-0.39, 0.29) is 0 Å². The van der Waals surface area contributed by atoms with E-state index in [9.17, 15) is 9.90 Å². The van der Waals surface area contributed by atoms with Gasteiger partial charge in [-0.1, -0.05) is 65.1 Å². The van der Waals surface area contributed by atoms with E-state index in [4.69, 9.17) is 0 Å². The highest BCUT2D eigenvalue weighted by molar-refractivity contribution is 6.76. The number of amides is 1. The van der Waals surface area contributed by atoms with Gasteiger partial charge in [0.25, 0.3) is 0 Å². The molecule has 1 aliphatic carbocycles. The summed E-state index contributed by atoms with van der Waals surface area (Å²) in [6.45, 7) is 10.7. The molecule has 0 aromatic rings. The van der Waals surface area contributed by atoms with Gasteiger partial charge in [-0.15, -0.1) is 0 Å². The fraction of sp³-hybridized carbons (Fsp3) is 0.941. The summed E-state index contributed by atoms with van der Waals surface area (Å²) >= 11 is 0. The Labute approximate surface area is 137 Å². The van der Waals surface area contributed by atoms with Crippen molar-refractivity contribution < 1.29 is 9.90 Å². The van der Waals surface area contributed by atoms with Gasteiger partial charge in [0, 0.05) is 21.2 Å². The average Bonchev–Trinajstić information content (AvgIpc) is 2.42. The van der Waals surface area contributed by atoms with Crippen molar-refractivity contribution >= 4 is 14.2 Å². The fourth-order valence-electron chi connectivity index (χ4n) is 3.13. The van der Waals surface area contributed by atoms with Crippen LogP contribution in [0.25, 0.3) is 0 Å². The number of rotatable bonds is 9. The lowest BCUT2D eigenvalue weighted by molar-refractivity contribution is 0.119. The molecule has 0 atom stereocenters. The first kappa shape index (κ1) is 19.5. The third kappa shape index (κ3) is 8.78. The molecule has 0 unspecified atom stereocenters. The van der Waals surface area contributed by atoms with Crippen molar-refractivity contribution in [2.75, 3.05) is 13.1 Å². The van der Waals surface area contributed by atoms with Crippen molar-refractivity contribution in [2.45, 2.75) is 77.6 Å². The Hall–Kier alpha value is -0.553. The van der Waals surface area contributed by atoms with Gasteiger partial charge >= 0.3 is 6.09 Å². The van der Waals surface area contributed by atoms with Crippen LogP contribution in [-0.2, 0) is 0 Å². The molecule has 22 heavy (non-hydrogen) atoms. The van der Waals surface area contributed by atoms with E-state index in [1.807, 2.05) is 0 Å². The number of hydrogen-bond donors (Lipinski definition) is 2. The molecule has 0 radical (unpaired) electrons. The van der Waals surface area contributed by atoms with Crippen LogP contribution in [0.1, 0.15) is 51.9 Å². The largest absolute Gasteiger partial charge is 0.464 e. The van der Waals surface area contributed by atoms with Crippen molar-refractivity contribution in [1.29, 1.82) is 0 Å². The number of hydrazine groups is 1. The second kappa shape index (κ2) is 9.56. The van der Waals surface area contributed by atoms with Crippen molar-refractivity contribution in [2.24, 2.45) is 11.8 Å². The van der Waals surface area contributed by atoms with Crippen LogP contribution in [0.5, 0.6) is 0 Å². The molecule has 1 aliphatic rings. The molecule has 0 saturated heterocycles. The van der Waals surface area contributed by atoms with Crippen LogP contribution in [0, 0.1) is 11.8 Å². The Morgan fingerprint density at radius 1 is 1.18 bits per heavy atom. The number of hydrogen-bond acceptors (Lipinski definition) is 2. The van der Waals surface area contributed by atoms with Crippen LogP contribution in [0.2, 0.25) is 25.7 Å². The van der Waals surface area contributed by atoms with Gasteiger partial charge in [-0.05, 0) is 24.3 Å². The Bertz CT molecular complexity index is 323. The maximum Gasteiger partial charge on any atom is 0.421 e. The van der Waals surface area contributed by atoms with Crippen molar-refractivity contribution in [3.63, 3.8) is 0 Å². The van der Waals surface area contributed by atoms with Crippen LogP contribution in [0.4, 0.5) is 4.79 Å². The Balaban J connectivity index is 2.14. The maximum atomic E-state index is 11.3. The lowest BCUT2D eigenvalue weighted by atomic mass is 9.81. The van der Waals surface area contributed by atoms with Gasteiger partial charge in [0.2, 0.25) is 0 Å². The van der Waals surface area contributed by atoms with E-state index < -0.39 is 14.2 Å². The molecule has 0 aromatic heterocycles. The molecule has 1 fully saturated rings. The van der Waals surface area contributed by atoms with Gasteiger partial charge in [-0.3, -0.25) is 0 Å². The van der Waals surface area contributed by atoms with Gasteiger partial charge in [-0.2, -0.15) is 0 Å². The van der Waals surface area contributed by atoms with Gasteiger partial charge < -0.3 is 5.11 Å². The zero-order chi connectivity index (χ0) is 16.6. The topological polar surface area (TPSA) is 52.6 Å². The Morgan fingerprint density at radius 2 is 1.82 bits per heavy atom. The summed E-state index contributed by atoms with van der Waals surface area (Å²) in [7, 11) is -1.11. The standard InChI is InChI=1S/C17H36N2O2Si/c1-15-8-10-16(11-9-15)7-5-6-13-19(17(20)21)18-12-14-22(2,3)4/h15-16,18H,5-14H2,1-4H3,(H,20,21). The second-order valence-electron chi connectivity index (χ2n) is 8.27. The zero-order valence-corrected chi connectivity index (χ0v) is 16.0. The van der Waals surface area contributed by atoms with E-state index in [0.29, 0.717) is 6.54 Å². The number of unbranched alkanes of at least 4 members (excludes halogenated alkanes) is 1. The molecule has 1 amide bonds. The fourth-order valence-corrected chi connectivity index (χ4v) is 3.99. The monoisotopic (exact) mass is 328 g/mol. The molecule has 0 aliphatic heterocycles. The van der Waals surface area contributed by atoms with Crippen LogP contribution < -0.4 is 5.43 Å². The van der Waals surface area contributed by atoms with E-state index in [1.165, 1.54) is 37.1 Å². The predicted molar refractivity (Wildman–Crippen MR) is 95.9 cm³/mol. The van der Waals surface area contributed by atoms with Crippen LogP contribution >= 0.6 is 0 Å². The maximum absolute atomic E-state index is 11.3. The van der Waals surface area contributed by atoms with Crippen molar-refractivity contribution in [1.82, 2.24) is 10.4 Å². The quantitative estimate of drug-likeness (QED) is 0.363. The lowest BCUT2D eigenvalue weighted by Gasteiger charge is -2.26. The normalized spacial score (nSPS) is 22.5. The summed E-state index contributed by atoms with van der Waals surface area (Å²) in [5.41, 5.74) is 3.09. The first-order valence-electron chi connectivity index (χ1n) is 9.02. The number of nitrogens with one attached hydrogen (secondary N) is 1. The molecule has 1 rings (SSSR count). The third-order valence-corrected chi connectivity index (χ3v) is 6.54. The SMILES string of the molecule is CC1CCC(CCCCN(NCC[Si](C)(C)C)C(=O)O)CC1. The summed E-state index contributed by atoms with van der Waals surface area (Å²) < 4.78 is 0. The molecule has 4 nitrogen and oxygen atoms in total. The Kier molecular flexibility index (Phi) is 8.47. The zero-order valence-electron chi connectivity index (χ0n) is 15.0. The smallest absolute Gasteiger partial charge is 0.421 e. The first-order chi connectivity index (χ1) is 10.3. The minimum Gasteiger partial charge on any atom is -0.464 e. The summed E-state index contributed by atoms with van der Waals surface area (Å²) in [6, 6.07) is 1.11. The molecule has 1 saturated carbocycles. The third-order valence-electron chi connectivity index (χ3n) is 4.79. The van der Waals surface area contributed by atoms with Crippen molar-refractivity contribution in [3.8, 4) is 0 Å². The molecule has 0 bridgehead atoms. The Morgan fingerprint density at radius 3 is 2.36 bits per heavy atom. The second-order valence-corrected chi connectivity index (χ2v) is 13.9. The highest BCUT2D eigenvalue weighted by Gasteiger charge is 2.18. The van der Waals surface area contributed by atoms with Gasteiger partial charge in [0.1, 0.15) is 0 Å². The molecule has 5 heteroatoms. The summed E-state index contributed by atoms with van der Waals surface area (Å²) in [5.74, 6) is 1.80. The number of carboxylic acid groups (broad SMARTS) is 1. The average molecular weight is 329 g/mol. The minimum absolute atomic E-state index is 0.615. The summed E-state index contributed by atoms with van der Waals surface area (Å²) in [6.07, 6.45) is 8.05. The van der Waals surface area contributed by atoms with E-state index >= 15 is 0 Å². The molecule has 0 heterocycles. The van der Waals surface area contributed by atoms with Gasteiger partial charge in [0.05, 0.1) is 0 Å². The lowest BCUT2D eigenvalue weighted by Crippen LogP contribution is -2.44. The van der Waals surface area contributed by atoms with E-state index in [2.05, 4.69) is 32.0 Å². The highest BCUT2D eigenvalue weighted by Crippen LogP contribution is 2.31. The van der Waals surface area contributed by atoms with Gasteiger partial charge in [0.15, 0.2) is 0 Å². The molecular formula is C17H36N2O2Si. The van der Waals surface area contributed by atoms with Gasteiger partial charge in [-0.25, -0.2) is 15.2 Å². The first-order valence-corrected chi connectivity index (χ1v) is 12.7. The molecule has 130 valence electrons. The summed E-state index contributed by atoms with van der Waals surface area (Å²) in [4.78, 5) is 11.3.